The highest BCUT2D eigenvalue weighted by Crippen LogP contribution is 2.24. The molecule has 2 aromatic carbocycles. The molecule has 0 spiro atoms. The van der Waals surface area contributed by atoms with Crippen LogP contribution < -0.4 is 16.0 Å². The second-order valence-electron chi connectivity index (χ2n) is 5.33. The van der Waals surface area contributed by atoms with E-state index in [1.54, 1.807) is 6.20 Å². The number of para-hydroxylation sites is 1. The van der Waals surface area contributed by atoms with Crippen LogP contribution in [-0.2, 0) is 0 Å². The smallest absolute Gasteiger partial charge is 0.229 e. The molecule has 0 unspecified atom stereocenters. The molecule has 5 nitrogen and oxygen atoms in total. The molecular weight excluding hydrogens is 286 g/mol. The molecule has 3 aromatic rings. The number of nitrogens with one attached hydrogen (secondary N) is 1. The molecule has 0 aliphatic rings. The van der Waals surface area contributed by atoms with Gasteiger partial charge >= 0.3 is 0 Å². The summed E-state index contributed by atoms with van der Waals surface area (Å²) >= 11 is 0. The maximum atomic E-state index is 5.74. The van der Waals surface area contributed by atoms with Crippen LogP contribution >= 0.6 is 0 Å². The van der Waals surface area contributed by atoms with Crippen LogP contribution in [0.3, 0.4) is 0 Å². The number of rotatable bonds is 4. The molecule has 0 saturated heterocycles. The third-order valence-electron chi connectivity index (χ3n) is 3.66. The Morgan fingerprint density at radius 3 is 2.48 bits per heavy atom. The molecule has 3 N–H and O–H groups in total. The number of hydrogen-bond acceptors (Lipinski definition) is 5. The second kappa shape index (κ2) is 6.36. The van der Waals surface area contributed by atoms with Gasteiger partial charge in [-0.2, -0.15) is 4.98 Å². The Balaban J connectivity index is 1.85. The summed E-state index contributed by atoms with van der Waals surface area (Å²) in [6, 6.07) is 17.6. The van der Waals surface area contributed by atoms with Crippen molar-refractivity contribution < 1.29 is 0 Å². The Morgan fingerprint density at radius 1 is 1.00 bits per heavy atom. The minimum Gasteiger partial charge on any atom is -0.399 e. The fourth-order valence-electron chi connectivity index (χ4n) is 2.26. The summed E-state index contributed by atoms with van der Waals surface area (Å²) < 4.78 is 0. The summed E-state index contributed by atoms with van der Waals surface area (Å²) in [6.45, 7) is 2.05. The maximum absolute atomic E-state index is 5.74. The number of benzene rings is 2. The predicted molar refractivity (Wildman–Crippen MR) is 95.4 cm³/mol. The van der Waals surface area contributed by atoms with Crippen molar-refractivity contribution in [3.05, 3.63) is 66.4 Å². The van der Waals surface area contributed by atoms with Gasteiger partial charge in [-0.15, -0.1) is 0 Å². The molecule has 0 radical (unpaired) electrons. The molecule has 116 valence electrons. The first-order valence-corrected chi connectivity index (χ1v) is 7.38. The first-order valence-electron chi connectivity index (χ1n) is 7.38. The average Bonchev–Trinajstić information content (AvgIpc) is 2.57. The van der Waals surface area contributed by atoms with Crippen LogP contribution in [0, 0.1) is 6.92 Å². The Labute approximate surface area is 135 Å². The van der Waals surface area contributed by atoms with Gasteiger partial charge in [-0.3, -0.25) is 0 Å². The lowest BCUT2D eigenvalue weighted by molar-refractivity contribution is 1.08. The van der Waals surface area contributed by atoms with Crippen molar-refractivity contribution in [2.24, 2.45) is 0 Å². The Morgan fingerprint density at radius 2 is 1.74 bits per heavy atom. The molecule has 1 aromatic heterocycles. The molecule has 0 saturated carbocycles. The number of aryl methyl sites for hydroxylation is 1. The second-order valence-corrected chi connectivity index (χ2v) is 5.33. The van der Waals surface area contributed by atoms with Crippen molar-refractivity contribution in [3.8, 4) is 0 Å². The molecule has 1 heterocycles. The van der Waals surface area contributed by atoms with Crippen LogP contribution in [0.5, 0.6) is 0 Å². The molecule has 23 heavy (non-hydrogen) atoms. The normalized spacial score (nSPS) is 10.3. The van der Waals surface area contributed by atoms with E-state index in [1.165, 1.54) is 0 Å². The lowest BCUT2D eigenvalue weighted by atomic mass is 10.2. The largest absolute Gasteiger partial charge is 0.399 e. The first kappa shape index (κ1) is 14.8. The average molecular weight is 305 g/mol. The van der Waals surface area contributed by atoms with Gasteiger partial charge in [0.2, 0.25) is 5.95 Å². The van der Waals surface area contributed by atoms with Crippen LogP contribution in [0.2, 0.25) is 0 Å². The third kappa shape index (κ3) is 3.40. The maximum Gasteiger partial charge on any atom is 0.229 e. The Hall–Kier alpha value is -3.08. The van der Waals surface area contributed by atoms with Crippen molar-refractivity contribution >= 4 is 28.8 Å². The SMILES string of the molecule is Cc1ccccc1Nc1nccc(N(C)c2ccc(N)cc2)n1. The zero-order chi connectivity index (χ0) is 16.2. The molecule has 0 aliphatic carbocycles. The van der Waals surface area contributed by atoms with E-state index in [1.807, 2.05) is 73.5 Å². The van der Waals surface area contributed by atoms with Crippen molar-refractivity contribution in [3.63, 3.8) is 0 Å². The minimum atomic E-state index is 0.569. The van der Waals surface area contributed by atoms with E-state index in [9.17, 15) is 0 Å². The van der Waals surface area contributed by atoms with Crippen molar-refractivity contribution in [1.82, 2.24) is 9.97 Å². The van der Waals surface area contributed by atoms with E-state index in [0.29, 0.717) is 5.95 Å². The standard InChI is InChI=1S/C18H19N5/c1-13-5-3-4-6-16(13)21-18-20-12-11-17(22-18)23(2)15-9-7-14(19)8-10-15/h3-12H,19H2,1-2H3,(H,20,21,22). The Kier molecular flexibility index (Phi) is 4.10. The number of nitrogens with zero attached hydrogens (tertiary/aromatic N) is 3. The van der Waals surface area contributed by atoms with Crippen LogP contribution in [-0.4, -0.2) is 17.0 Å². The molecular formula is C18H19N5. The van der Waals surface area contributed by atoms with E-state index < -0.39 is 0 Å². The third-order valence-corrected chi connectivity index (χ3v) is 3.66. The summed E-state index contributed by atoms with van der Waals surface area (Å²) in [7, 11) is 1.96. The number of nitrogens with two attached hydrogens (primary N) is 1. The van der Waals surface area contributed by atoms with E-state index in [2.05, 4.69) is 15.3 Å². The highest BCUT2D eigenvalue weighted by atomic mass is 15.2. The summed E-state index contributed by atoms with van der Waals surface area (Å²) in [5.74, 6) is 1.37. The van der Waals surface area contributed by atoms with Gasteiger partial charge in [-0.1, -0.05) is 18.2 Å². The zero-order valence-electron chi connectivity index (χ0n) is 13.2. The zero-order valence-corrected chi connectivity index (χ0v) is 13.2. The van der Waals surface area contributed by atoms with Gasteiger partial charge in [0, 0.05) is 30.3 Å². The number of anilines is 5. The summed E-state index contributed by atoms with van der Waals surface area (Å²) in [6.07, 6.45) is 1.75. The van der Waals surface area contributed by atoms with Crippen LogP contribution in [0.25, 0.3) is 0 Å². The van der Waals surface area contributed by atoms with E-state index in [4.69, 9.17) is 5.73 Å². The lowest BCUT2D eigenvalue weighted by Gasteiger charge is -2.19. The van der Waals surface area contributed by atoms with Crippen molar-refractivity contribution in [2.45, 2.75) is 6.92 Å². The fourth-order valence-corrected chi connectivity index (χ4v) is 2.26. The molecule has 0 fully saturated rings. The van der Waals surface area contributed by atoms with Gasteiger partial charge in [0.05, 0.1) is 0 Å². The highest BCUT2D eigenvalue weighted by Gasteiger charge is 2.07. The molecule has 0 amide bonds. The first-order chi connectivity index (χ1) is 11.1. The molecule has 0 aliphatic heterocycles. The molecule has 5 heteroatoms. The van der Waals surface area contributed by atoms with Crippen LogP contribution in [0.1, 0.15) is 5.56 Å². The monoisotopic (exact) mass is 305 g/mol. The van der Waals surface area contributed by atoms with Crippen molar-refractivity contribution in [1.29, 1.82) is 0 Å². The summed E-state index contributed by atoms with van der Waals surface area (Å²) in [5, 5.41) is 3.26. The summed E-state index contributed by atoms with van der Waals surface area (Å²) in [4.78, 5) is 10.9. The molecule has 3 rings (SSSR count). The number of nitrogen functional groups attached to an aromatic ring is 1. The van der Waals surface area contributed by atoms with Gasteiger partial charge in [-0.05, 0) is 48.9 Å². The van der Waals surface area contributed by atoms with Crippen LogP contribution in [0.15, 0.2) is 60.8 Å². The number of aromatic nitrogens is 2. The lowest BCUT2D eigenvalue weighted by Crippen LogP contribution is -2.12. The molecule has 0 bridgehead atoms. The topological polar surface area (TPSA) is 67.1 Å². The quantitative estimate of drug-likeness (QED) is 0.716. The summed E-state index contributed by atoms with van der Waals surface area (Å²) in [5.41, 5.74) is 9.64. The van der Waals surface area contributed by atoms with E-state index in [0.717, 1.165) is 28.4 Å². The fraction of sp³-hybridized carbons (Fsp3) is 0.111. The molecule has 0 atom stereocenters. The van der Waals surface area contributed by atoms with Gasteiger partial charge in [0.15, 0.2) is 0 Å². The van der Waals surface area contributed by atoms with Gasteiger partial charge in [-0.25, -0.2) is 4.98 Å². The van der Waals surface area contributed by atoms with Crippen LogP contribution in [0.4, 0.5) is 28.8 Å². The van der Waals surface area contributed by atoms with Gasteiger partial charge in [0.1, 0.15) is 5.82 Å². The van der Waals surface area contributed by atoms with Gasteiger partial charge in [0.25, 0.3) is 0 Å². The number of hydrogen-bond donors (Lipinski definition) is 2. The highest BCUT2D eigenvalue weighted by molar-refractivity contribution is 5.64. The van der Waals surface area contributed by atoms with Crippen molar-refractivity contribution in [2.75, 3.05) is 23.0 Å². The van der Waals surface area contributed by atoms with E-state index >= 15 is 0 Å². The minimum absolute atomic E-state index is 0.569. The predicted octanol–water partition coefficient (Wildman–Crippen LogP) is 3.88. The van der Waals surface area contributed by atoms with Gasteiger partial charge < -0.3 is 16.0 Å². The Bertz CT molecular complexity index is 799. The van der Waals surface area contributed by atoms with E-state index in [-0.39, 0.29) is 0 Å².